The maximum absolute atomic E-state index is 5.26. The van der Waals surface area contributed by atoms with Crippen LogP contribution in [-0.2, 0) is 0 Å². The standard InChI is InChI=1S/C7H9/c1-4-5-6-7(2)3/h2,4-6H,1H2,3H3. The fraction of sp³-hybridized carbons (Fsp3) is 0.143. The molecule has 1 radical (unpaired) electrons. The average Bonchev–Trinajstić information content (AvgIpc) is 1.61. The molecule has 37 valence electrons. The highest BCUT2D eigenvalue weighted by Crippen LogP contribution is 1.86. The summed E-state index contributed by atoms with van der Waals surface area (Å²) in [5.74, 6) is 0. The minimum atomic E-state index is 0.805. The second kappa shape index (κ2) is 3.41. The summed E-state index contributed by atoms with van der Waals surface area (Å²) in [6, 6.07) is 0. The Morgan fingerprint density at radius 2 is 2.29 bits per heavy atom. The zero-order valence-corrected chi connectivity index (χ0v) is 4.52. The van der Waals surface area contributed by atoms with E-state index in [2.05, 4.69) is 6.58 Å². The van der Waals surface area contributed by atoms with E-state index in [1.165, 1.54) is 0 Å². The van der Waals surface area contributed by atoms with Gasteiger partial charge in [0.2, 0.25) is 0 Å². The van der Waals surface area contributed by atoms with E-state index in [-0.39, 0.29) is 0 Å². The van der Waals surface area contributed by atoms with Gasteiger partial charge in [-0.25, -0.2) is 0 Å². The molecular formula is C7H9. The topological polar surface area (TPSA) is 0 Å². The predicted molar refractivity (Wildman–Crippen MR) is 32.8 cm³/mol. The van der Waals surface area contributed by atoms with E-state index < -0.39 is 0 Å². The van der Waals surface area contributed by atoms with Gasteiger partial charge in [-0.15, -0.1) is 0 Å². The lowest BCUT2D eigenvalue weighted by Gasteiger charge is -1.76. The number of allylic oxidation sites excluding steroid dienone is 4. The van der Waals surface area contributed by atoms with Crippen LogP contribution in [0.4, 0.5) is 0 Å². The van der Waals surface area contributed by atoms with Gasteiger partial charge >= 0.3 is 0 Å². The lowest BCUT2D eigenvalue weighted by atomic mass is 10.3. The van der Waals surface area contributed by atoms with Crippen LogP contribution in [0.1, 0.15) is 6.92 Å². The largest absolute Gasteiger partial charge is 0.0991 e. The number of hydrogen-bond donors (Lipinski definition) is 0. The second-order valence-corrected chi connectivity index (χ2v) is 1.34. The van der Waals surface area contributed by atoms with Crippen LogP contribution in [0, 0.1) is 6.58 Å². The van der Waals surface area contributed by atoms with Crippen LogP contribution in [0.2, 0.25) is 0 Å². The quantitative estimate of drug-likeness (QED) is 0.459. The molecule has 0 amide bonds. The molecule has 0 bridgehead atoms. The highest BCUT2D eigenvalue weighted by Gasteiger charge is 1.65. The predicted octanol–water partition coefficient (Wildman–Crippen LogP) is 2.11. The molecule has 0 atom stereocenters. The molecular weight excluding hydrogens is 84.1 g/mol. The van der Waals surface area contributed by atoms with Gasteiger partial charge in [0.15, 0.2) is 0 Å². The Bertz CT molecular complexity index is 96.6. The summed E-state index contributed by atoms with van der Waals surface area (Å²) in [5, 5.41) is 0. The van der Waals surface area contributed by atoms with Gasteiger partial charge in [-0.3, -0.25) is 0 Å². The minimum absolute atomic E-state index is 0.805. The van der Waals surface area contributed by atoms with Gasteiger partial charge in [-0.1, -0.05) is 37.0 Å². The third-order valence-corrected chi connectivity index (χ3v) is 0.495. The normalized spacial score (nSPS) is 9.29. The van der Waals surface area contributed by atoms with E-state index in [0.717, 1.165) is 5.57 Å². The van der Waals surface area contributed by atoms with Crippen molar-refractivity contribution in [2.45, 2.75) is 6.92 Å². The smallest absolute Gasteiger partial charge is 0.0398 e. The third kappa shape index (κ3) is 5.22. The summed E-state index contributed by atoms with van der Waals surface area (Å²) in [7, 11) is 0. The maximum atomic E-state index is 5.26. The van der Waals surface area contributed by atoms with Crippen molar-refractivity contribution in [3.05, 3.63) is 37.0 Å². The summed E-state index contributed by atoms with van der Waals surface area (Å²) < 4.78 is 0. The van der Waals surface area contributed by atoms with E-state index in [1.54, 1.807) is 18.2 Å². The van der Waals surface area contributed by atoms with Crippen LogP contribution in [-0.4, -0.2) is 0 Å². The van der Waals surface area contributed by atoms with Crippen LogP contribution < -0.4 is 0 Å². The maximum Gasteiger partial charge on any atom is -0.0398 e. The molecule has 0 aromatic carbocycles. The molecule has 0 heterocycles. The summed E-state index contributed by atoms with van der Waals surface area (Å²) in [5.41, 5.74) is 0.805. The molecule has 0 saturated carbocycles. The molecule has 0 aromatic heterocycles. The molecule has 0 nitrogen and oxygen atoms in total. The lowest BCUT2D eigenvalue weighted by molar-refractivity contribution is 1.55. The first-order valence-electron chi connectivity index (χ1n) is 2.15. The van der Waals surface area contributed by atoms with Gasteiger partial charge in [-0.05, 0) is 6.92 Å². The monoisotopic (exact) mass is 93.1 g/mol. The Morgan fingerprint density at radius 1 is 1.71 bits per heavy atom. The molecule has 0 heteroatoms. The highest BCUT2D eigenvalue weighted by molar-refractivity contribution is 5.13. The fourth-order valence-electron chi connectivity index (χ4n) is 0.220. The highest BCUT2D eigenvalue weighted by atomic mass is 13.7. The molecule has 0 aliphatic heterocycles. The van der Waals surface area contributed by atoms with Crippen molar-refractivity contribution < 1.29 is 0 Å². The van der Waals surface area contributed by atoms with Crippen molar-refractivity contribution in [2.24, 2.45) is 0 Å². The summed E-state index contributed by atoms with van der Waals surface area (Å²) in [4.78, 5) is 0. The lowest BCUT2D eigenvalue weighted by Crippen LogP contribution is -1.56. The number of hydrogen-bond acceptors (Lipinski definition) is 0. The zero-order valence-electron chi connectivity index (χ0n) is 4.52. The number of rotatable bonds is 2. The van der Waals surface area contributed by atoms with Crippen molar-refractivity contribution in [2.75, 3.05) is 0 Å². The van der Waals surface area contributed by atoms with Gasteiger partial charge < -0.3 is 0 Å². The molecule has 0 unspecified atom stereocenters. The summed E-state index contributed by atoms with van der Waals surface area (Å²) in [6.07, 6.45) is 5.29. The van der Waals surface area contributed by atoms with Crippen LogP contribution in [0.5, 0.6) is 0 Å². The SMILES string of the molecule is [CH]=C(C)C=CC=C. The first kappa shape index (κ1) is 6.22. The van der Waals surface area contributed by atoms with Crippen molar-refractivity contribution in [3.8, 4) is 0 Å². The second-order valence-electron chi connectivity index (χ2n) is 1.34. The Balaban J connectivity index is 3.46. The van der Waals surface area contributed by atoms with Gasteiger partial charge in [-0.2, -0.15) is 0 Å². The van der Waals surface area contributed by atoms with E-state index in [4.69, 9.17) is 6.58 Å². The molecule has 0 aromatic rings. The molecule has 0 aliphatic carbocycles. The first-order valence-corrected chi connectivity index (χ1v) is 2.15. The van der Waals surface area contributed by atoms with Crippen LogP contribution in [0.15, 0.2) is 30.4 Å². The Kier molecular flexibility index (Phi) is 3.03. The molecule has 0 spiro atoms. The van der Waals surface area contributed by atoms with Crippen LogP contribution >= 0.6 is 0 Å². The van der Waals surface area contributed by atoms with E-state index in [0.29, 0.717) is 0 Å². The summed E-state index contributed by atoms with van der Waals surface area (Å²) >= 11 is 0. The first-order chi connectivity index (χ1) is 3.27. The molecule has 0 fully saturated rings. The van der Waals surface area contributed by atoms with Crippen molar-refractivity contribution in [1.29, 1.82) is 0 Å². The molecule has 7 heavy (non-hydrogen) atoms. The van der Waals surface area contributed by atoms with Gasteiger partial charge in [0.1, 0.15) is 0 Å². The van der Waals surface area contributed by atoms with Crippen LogP contribution in [0.3, 0.4) is 0 Å². The third-order valence-electron chi connectivity index (χ3n) is 0.495. The molecule has 0 aliphatic rings. The van der Waals surface area contributed by atoms with Crippen molar-refractivity contribution in [3.63, 3.8) is 0 Å². The Morgan fingerprint density at radius 3 is 2.43 bits per heavy atom. The van der Waals surface area contributed by atoms with E-state index in [9.17, 15) is 0 Å². The van der Waals surface area contributed by atoms with Gasteiger partial charge in [0.25, 0.3) is 0 Å². The Hall–Kier alpha value is -0.780. The van der Waals surface area contributed by atoms with E-state index in [1.807, 2.05) is 6.92 Å². The van der Waals surface area contributed by atoms with Crippen molar-refractivity contribution in [1.82, 2.24) is 0 Å². The van der Waals surface area contributed by atoms with Crippen LogP contribution in [0.25, 0.3) is 0 Å². The van der Waals surface area contributed by atoms with Gasteiger partial charge in [0.05, 0.1) is 0 Å². The molecule has 0 rings (SSSR count). The Labute approximate surface area is 44.9 Å². The molecule has 0 N–H and O–H groups in total. The van der Waals surface area contributed by atoms with Gasteiger partial charge in [0, 0.05) is 0 Å². The van der Waals surface area contributed by atoms with Crippen molar-refractivity contribution >= 4 is 0 Å². The average molecular weight is 93.1 g/mol. The fourth-order valence-corrected chi connectivity index (χ4v) is 0.220. The van der Waals surface area contributed by atoms with E-state index >= 15 is 0 Å². The molecule has 0 saturated heterocycles. The minimum Gasteiger partial charge on any atom is -0.0991 e. The summed E-state index contributed by atoms with van der Waals surface area (Å²) in [6.45, 7) is 10.6. The zero-order chi connectivity index (χ0) is 5.70.